The van der Waals surface area contributed by atoms with Gasteiger partial charge in [-0.05, 0) is 19.3 Å². The lowest BCUT2D eigenvalue weighted by Crippen LogP contribution is -2.33. The molecule has 1 saturated carbocycles. The van der Waals surface area contributed by atoms with Crippen LogP contribution in [0.5, 0.6) is 0 Å². The standard InChI is InChI=1S/C9H16O2/c1-2-7(10)9-6-4-3-5-8(9)11-9/h7-8,10H,2-6H2,1H3/t7-,8-,9-/m1/s1. The van der Waals surface area contributed by atoms with Crippen LogP contribution in [0.25, 0.3) is 0 Å². The molecule has 2 rings (SSSR count). The van der Waals surface area contributed by atoms with Gasteiger partial charge in [-0.1, -0.05) is 19.8 Å². The molecule has 0 radical (unpaired) electrons. The van der Waals surface area contributed by atoms with E-state index in [9.17, 15) is 5.11 Å². The number of aliphatic hydroxyl groups excluding tert-OH is 1. The minimum Gasteiger partial charge on any atom is -0.390 e. The Hall–Kier alpha value is -0.0800. The predicted molar refractivity (Wildman–Crippen MR) is 42.4 cm³/mol. The van der Waals surface area contributed by atoms with Gasteiger partial charge in [-0.2, -0.15) is 0 Å². The van der Waals surface area contributed by atoms with E-state index < -0.39 is 0 Å². The normalized spacial score (nSPS) is 44.7. The molecule has 0 aromatic heterocycles. The minimum atomic E-state index is -0.215. The van der Waals surface area contributed by atoms with Gasteiger partial charge in [0.1, 0.15) is 5.60 Å². The molecule has 11 heavy (non-hydrogen) atoms. The van der Waals surface area contributed by atoms with Crippen LogP contribution < -0.4 is 0 Å². The van der Waals surface area contributed by atoms with Crippen molar-refractivity contribution in [1.82, 2.24) is 0 Å². The van der Waals surface area contributed by atoms with Gasteiger partial charge < -0.3 is 9.84 Å². The van der Waals surface area contributed by atoms with Crippen LogP contribution in [0.3, 0.4) is 0 Å². The fraction of sp³-hybridized carbons (Fsp3) is 1.00. The lowest BCUT2D eigenvalue weighted by Gasteiger charge is -2.21. The first kappa shape index (κ1) is 7.56. The summed E-state index contributed by atoms with van der Waals surface area (Å²) in [6.07, 6.45) is 5.76. The topological polar surface area (TPSA) is 32.8 Å². The van der Waals surface area contributed by atoms with Gasteiger partial charge in [0.05, 0.1) is 12.2 Å². The Kier molecular flexibility index (Phi) is 1.69. The summed E-state index contributed by atoms with van der Waals surface area (Å²) < 4.78 is 5.57. The van der Waals surface area contributed by atoms with Crippen LogP contribution in [0.15, 0.2) is 0 Å². The molecule has 1 N–H and O–H groups in total. The predicted octanol–water partition coefficient (Wildman–Crippen LogP) is 1.47. The first-order chi connectivity index (χ1) is 5.29. The van der Waals surface area contributed by atoms with Gasteiger partial charge in [0.25, 0.3) is 0 Å². The van der Waals surface area contributed by atoms with Crippen molar-refractivity contribution >= 4 is 0 Å². The third-order valence-electron chi connectivity index (χ3n) is 3.08. The van der Waals surface area contributed by atoms with Crippen molar-refractivity contribution in [3.05, 3.63) is 0 Å². The lowest BCUT2D eigenvalue weighted by atomic mass is 9.84. The maximum atomic E-state index is 9.66. The molecule has 0 aromatic rings. The van der Waals surface area contributed by atoms with Crippen LogP contribution in [0.2, 0.25) is 0 Å². The molecule has 1 heterocycles. The summed E-state index contributed by atoms with van der Waals surface area (Å²) in [4.78, 5) is 0. The second-order valence-electron chi connectivity index (χ2n) is 3.73. The Bertz CT molecular complexity index is 158. The maximum Gasteiger partial charge on any atom is 0.120 e. The smallest absolute Gasteiger partial charge is 0.120 e. The van der Waals surface area contributed by atoms with Gasteiger partial charge in [0.2, 0.25) is 0 Å². The van der Waals surface area contributed by atoms with Gasteiger partial charge in [-0.15, -0.1) is 0 Å². The average Bonchev–Trinajstić information content (AvgIpc) is 2.78. The fourth-order valence-electron chi connectivity index (χ4n) is 2.29. The molecule has 2 heteroatoms. The van der Waals surface area contributed by atoms with Gasteiger partial charge >= 0.3 is 0 Å². The highest BCUT2D eigenvalue weighted by molar-refractivity contribution is 5.09. The summed E-state index contributed by atoms with van der Waals surface area (Å²) in [5.41, 5.74) is -0.0903. The SMILES string of the molecule is CC[C@@H](O)[C@]12CCCC[C@H]1O2. The molecular weight excluding hydrogens is 140 g/mol. The monoisotopic (exact) mass is 156 g/mol. The van der Waals surface area contributed by atoms with Crippen LogP contribution in [0.4, 0.5) is 0 Å². The van der Waals surface area contributed by atoms with E-state index >= 15 is 0 Å². The fourth-order valence-corrected chi connectivity index (χ4v) is 2.29. The molecule has 64 valence electrons. The Labute approximate surface area is 67.6 Å². The first-order valence-electron chi connectivity index (χ1n) is 4.65. The molecule has 0 aromatic carbocycles. The van der Waals surface area contributed by atoms with Gasteiger partial charge in [-0.3, -0.25) is 0 Å². The highest BCUT2D eigenvalue weighted by Gasteiger charge is 2.60. The third-order valence-corrected chi connectivity index (χ3v) is 3.08. The largest absolute Gasteiger partial charge is 0.390 e. The molecule has 1 saturated heterocycles. The van der Waals surface area contributed by atoms with Crippen molar-refractivity contribution in [2.24, 2.45) is 0 Å². The third kappa shape index (κ3) is 1.00. The number of hydrogen-bond donors (Lipinski definition) is 1. The number of fused-ring (bicyclic) bond motifs is 1. The maximum absolute atomic E-state index is 9.66. The van der Waals surface area contributed by atoms with E-state index in [0.29, 0.717) is 6.10 Å². The summed E-state index contributed by atoms with van der Waals surface area (Å²) in [6.45, 7) is 2.02. The summed E-state index contributed by atoms with van der Waals surface area (Å²) in [5, 5.41) is 9.66. The summed E-state index contributed by atoms with van der Waals surface area (Å²) >= 11 is 0. The number of ether oxygens (including phenoxy) is 1. The number of rotatable bonds is 2. The summed E-state index contributed by atoms with van der Waals surface area (Å²) in [6, 6.07) is 0. The zero-order valence-electron chi connectivity index (χ0n) is 7.05. The Morgan fingerprint density at radius 2 is 2.45 bits per heavy atom. The molecular formula is C9H16O2. The quantitative estimate of drug-likeness (QED) is 0.614. The van der Waals surface area contributed by atoms with Crippen LogP contribution in [-0.2, 0) is 4.74 Å². The number of hydrogen-bond acceptors (Lipinski definition) is 2. The average molecular weight is 156 g/mol. The Balaban J connectivity index is 2.01. The van der Waals surface area contributed by atoms with Gasteiger partial charge in [0.15, 0.2) is 0 Å². The second-order valence-corrected chi connectivity index (χ2v) is 3.73. The first-order valence-corrected chi connectivity index (χ1v) is 4.65. The molecule has 1 aliphatic carbocycles. The lowest BCUT2D eigenvalue weighted by molar-refractivity contribution is 0.0644. The summed E-state index contributed by atoms with van der Waals surface area (Å²) in [5.74, 6) is 0. The van der Waals surface area contributed by atoms with E-state index in [0.717, 1.165) is 19.3 Å². The van der Waals surface area contributed by atoms with Crippen LogP contribution in [-0.4, -0.2) is 22.9 Å². The van der Waals surface area contributed by atoms with E-state index in [4.69, 9.17) is 4.74 Å². The second kappa shape index (κ2) is 2.46. The van der Waals surface area contributed by atoms with E-state index in [-0.39, 0.29) is 11.7 Å². The zero-order chi connectivity index (χ0) is 7.90. The van der Waals surface area contributed by atoms with E-state index in [1.165, 1.54) is 12.8 Å². The Morgan fingerprint density at radius 3 is 3.09 bits per heavy atom. The van der Waals surface area contributed by atoms with E-state index in [1.807, 2.05) is 6.92 Å². The molecule has 2 fully saturated rings. The number of epoxide rings is 1. The highest BCUT2D eigenvalue weighted by atomic mass is 16.6. The Morgan fingerprint density at radius 1 is 1.64 bits per heavy atom. The van der Waals surface area contributed by atoms with Crippen LogP contribution in [0.1, 0.15) is 39.0 Å². The van der Waals surface area contributed by atoms with Crippen molar-refractivity contribution in [3.63, 3.8) is 0 Å². The molecule has 0 amide bonds. The van der Waals surface area contributed by atoms with Crippen molar-refractivity contribution in [2.45, 2.75) is 56.8 Å². The molecule has 2 nitrogen and oxygen atoms in total. The van der Waals surface area contributed by atoms with E-state index in [1.54, 1.807) is 0 Å². The summed E-state index contributed by atoms with van der Waals surface area (Å²) in [7, 11) is 0. The van der Waals surface area contributed by atoms with Crippen molar-refractivity contribution in [2.75, 3.05) is 0 Å². The molecule has 0 spiro atoms. The van der Waals surface area contributed by atoms with Crippen molar-refractivity contribution in [3.8, 4) is 0 Å². The number of aliphatic hydroxyl groups is 1. The van der Waals surface area contributed by atoms with Gasteiger partial charge in [0, 0.05) is 0 Å². The van der Waals surface area contributed by atoms with Crippen LogP contribution in [0, 0.1) is 0 Å². The van der Waals surface area contributed by atoms with Crippen molar-refractivity contribution < 1.29 is 9.84 Å². The van der Waals surface area contributed by atoms with Crippen molar-refractivity contribution in [1.29, 1.82) is 0 Å². The van der Waals surface area contributed by atoms with Gasteiger partial charge in [-0.25, -0.2) is 0 Å². The zero-order valence-corrected chi connectivity index (χ0v) is 7.05. The minimum absolute atomic E-state index is 0.0903. The molecule has 0 unspecified atom stereocenters. The highest BCUT2D eigenvalue weighted by Crippen LogP contribution is 2.50. The molecule has 0 bridgehead atoms. The molecule has 1 aliphatic heterocycles. The molecule has 3 atom stereocenters. The van der Waals surface area contributed by atoms with E-state index in [2.05, 4.69) is 0 Å². The van der Waals surface area contributed by atoms with Crippen LogP contribution >= 0.6 is 0 Å². The molecule has 2 aliphatic rings.